The van der Waals surface area contributed by atoms with Crippen molar-refractivity contribution in [1.29, 1.82) is 0 Å². The Morgan fingerprint density at radius 2 is 1.90 bits per heavy atom. The van der Waals surface area contributed by atoms with Gasteiger partial charge in [-0.3, -0.25) is 14.6 Å². The number of halogens is 2. The second-order valence-corrected chi connectivity index (χ2v) is 7.45. The number of hydrogen-bond acceptors (Lipinski definition) is 7. The molecule has 1 aliphatic heterocycles. The molecular formula is C19H26BCl2N5O4. The van der Waals surface area contributed by atoms with Gasteiger partial charge in [-0.05, 0) is 24.6 Å². The standard InChI is InChI=1S/C19H26BCl2N5O4/c20-24-7-9-30-10-11-31-13-19(29)23-6-1-2-18(28)25-17-5-8-27(26-17)14-3-4-15(21)16(22)12-14/h3-4,12,24H,1-2,5-11,13H2,(H,23,29)(H,25,26,28). The Balaban J connectivity index is 1.56. The topological polar surface area (TPSA) is 104 Å². The molecule has 0 spiro atoms. The molecule has 0 bridgehead atoms. The second-order valence-electron chi connectivity index (χ2n) is 6.64. The van der Waals surface area contributed by atoms with E-state index in [1.165, 1.54) is 0 Å². The molecule has 1 heterocycles. The molecule has 2 amide bonds. The highest BCUT2D eigenvalue weighted by Crippen LogP contribution is 2.28. The summed E-state index contributed by atoms with van der Waals surface area (Å²) in [6, 6.07) is 5.26. The van der Waals surface area contributed by atoms with Gasteiger partial charge in [-0.25, -0.2) is 0 Å². The fourth-order valence-corrected chi connectivity index (χ4v) is 2.94. The number of carbonyl (C=O) groups is 2. The molecular weight excluding hydrogens is 444 g/mol. The highest BCUT2D eigenvalue weighted by Gasteiger charge is 2.18. The minimum Gasteiger partial charge on any atom is -0.378 e. The summed E-state index contributed by atoms with van der Waals surface area (Å²) in [7, 11) is 5.11. The van der Waals surface area contributed by atoms with Gasteiger partial charge in [0.05, 0.1) is 35.6 Å². The van der Waals surface area contributed by atoms with Gasteiger partial charge >= 0.3 is 0 Å². The van der Waals surface area contributed by atoms with Crippen LogP contribution in [0.25, 0.3) is 0 Å². The summed E-state index contributed by atoms with van der Waals surface area (Å²) in [5.74, 6) is 0.212. The average Bonchev–Trinajstić information content (AvgIpc) is 3.21. The van der Waals surface area contributed by atoms with Crippen LogP contribution in [0.3, 0.4) is 0 Å². The lowest BCUT2D eigenvalue weighted by Gasteiger charge is -2.13. The van der Waals surface area contributed by atoms with E-state index in [1.807, 2.05) is 6.07 Å². The largest absolute Gasteiger partial charge is 0.378 e. The third-order valence-corrected chi connectivity index (χ3v) is 4.92. The normalized spacial score (nSPS) is 13.2. The van der Waals surface area contributed by atoms with Crippen molar-refractivity contribution in [3.8, 4) is 0 Å². The first-order valence-corrected chi connectivity index (χ1v) is 10.7. The van der Waals surface area contributed by atoms with Gasteiger partial charge in [-0.15, -0.1) is 0 Å². The quantitative estimate of drug-likeness (QED) is 0.296. The summed E-state index contributed by atoms with van der Waals surface area (Å²) in [5.41, 5.74) is 0.808. The van der Waals surface area contributed by atoms with Gasteiger partial charge in [-0.1, -0.05) is 23.2 Å². The average molecular weight is 470 g/mol. The maximum atomic E-state index is 12.1. The fourth-order valence-electron chi connectivity index (χ4n) is 2.64. The van der Waals surface area contributed by atoms with Crippen LogP contribution in [0.15, 0.2) is 23.3 Å². The van der Waals surface area contributed by atoms with Crippen LogP contribution >= 0.6 is 23.2 Å². The molecule has 2 radical (unpaired) electrons. The Labute approximate surface area is 193 Å². The van der Waals surface area contributed by atoms with Crippen molar-refractivity contribution < 1.29 is 19.1 Å². The van der Waals surface area contributed by atoms with Crippen molar-refractivity contribution in [2.45, 2.75) is 19.3 Å². The van der Waals surface area contributed by atoms with Crippen LogP contribution in [0.2, 0.25) is 10.0 Å². The lowest BCUT2D eigenvalue weighted by Crippen LogP contribution is -2.32. The lowest BCUT2D eigenvalue weighted by atomic mass is 10.3. The number of nitrogens with zero attached hydrogens (tertiary/aromatic N) is 2. The molecule has 1 aromatic carbocycles. The monoisotopic (exact) mass is 469 g/mol. The van der Waals surface area contributed by atoms with Crippen LogP contribution in [-0.4, -0.2) is 71.7 Å². The Morgan fingerprint density at radius 1 is 1.10 bits per heavy atom. The van der Waals surface area contributed by atoms with E-state index in [0.29, 0.717) is 68.2 Å². The van der Waals surface area contributed by atoms with Crippen LogP contribution in [0.5, 0.6) is 0 Å². The van der Waals surface area contributed by atoms with Gasteiger partial charge in [0.1, 0.15) is 12.4 Å². The van der Waals surface area contributed by atoms with Crippen LogP contribution in [0.1, 0.15) is 19.3 Å². The number of benzene rings is 1. The molecule has 0 aromatic heterocycles. The zero-order valence-electron chi connectivity index (χ0n) is 17.2. The molecule has 3 N–H and O–H groups in total. The highest BCUT2D eigenvalue weighted by molar-refractivity contribution is 6.42. The van der Waals surface area contributed by atoms with Crippen molar-refractivity contribution in [3.05, 3.63) is 28.2 Å². The van der Waals surface area contributed by atoms with E-state index in [2.05, 4.69) is 21.0 Å². The van der Waals surface area contributed by atoms with Crippen molar-refractivity contribution >= 4 is 54.5 Å². The smallest absolute Gasteiger partial charge is 0.245 e. The van der Waals surface area contributed by atoms with Gasteiger partial charge in [0.25, 0.3) is 0 Å². The Bertz CT molecular complexity index is 769. The third kappa shape index (κ3) is 9.88. The molecule has 1 aliphatic rings. The van der Waals surface area contributed by atoms with E-state index in [1.54, 1.807) is 17.1 Å². The van der Waals surface area contributed by atoms with Crippen LogP contribution in [-0.2, 0) is 19.1 Å². The van der Waals surface area contributed by atoms with Crippen LogP contribution < -0.4 is 20.9 Å². The van der Waals surface area contributed by atoms with E-state index in [-0.39, 0.29) is 24.8 Å². The number of carbonyl (C=O) groups excluding carboxylic acids is 2. The molecule has 168 valence electrons. The summed E-state index contributed by atoms with van der Waals surface area (Å²) in [6.45, 7) is 2.72. The minimum atomic E-state index is -0.235. The first kappa shape index (κ1) is 25.4. The molecule has 31 heavy (non-hydrogen) atoms. The lowest BCUT2D eigenvalue weighted by molar-refractivity contribution is -0.126. The van der Waals surface area contributed by atoms with E-state index in [4.69, 9.17) is 40.7 Å². The number of ether oxygens (including phenoxy) is 2. The van der Waals surface area contributed by atoms with E-state index < -0.39 is 0 Å². The second kappa shape index (κ2) is 14.3. The number of hydrazone groups is 1. The van der Waals surface area contributed by atoms with E-state index in [0.717, 1.165) is 5.69 Å². The zero-order valence-corrected chi connectivity index (χ0v) is 18.7. The first-order valence-electron chi connectivity index (χ1n) is 9.95. The molecule has 0 fully saturated rings. The van der Waals surface area contributed by atoms with Crippen molar-refractivity contribution in [3.63, 3.8) is 0 Å². The summed E-state index contributed by atoms with van der Waals surface area (Å²) in [4.78, 5) is 23.8. The van der Waals surface area contributed by atoms with Crippen molar-refractivity contribution in [1.82, 2.24) is 15.9 Å². The van der Waals surface area contributed by atoms with Gasteiger partial charge in [-0.2, -0.15) is 5.10 Å². The Morgan fingerprint density at radius 3 is 2.68 bits per heavy atom. The first-order chi connectivity index (χ1) is 15.0. The predicted molar refractivity (Wildman–Crippen MR) is 122 cm³/mol. The number of hydrogen-bond donors (Lipinski definition) is 3. The molecule has 9 nitrogen and oxygen atoms in total. The Kier molecular flexibility index (Phi) is 11.7. The molecule has 0 unspecified atom stereocenters. The van der Waals surface area contributed by atoms with Crippen molar-refractivity contribution in [2.75, 3.05) is 51.1 Å². The maximum Gasteiger partial charge on any atom is 0.245 e. The molecule has 0 aliphatic carbocycles. The summed E-state index contributed by atoms with van der Waals surface area (Å²) in [6.07, 6.45) is 1.40. The summed E-state index contributed by atoms with van der Waals surface area (Å²) in [5, 5.41) is 15.1. The van der Waals surface area contributed by atoms with Gasteiger partial charge < -0.3 is 25.3 Å². The molecule has 0 saturated heterocycles. The van der Waals surface area contributed by atoms with Crippen LogP contribution in [0.4, 0.5) is 5.69 Å². The zero-order chi connectivity index (χ0) is 22.5. The predicted octanol–water partition coefficient (Wildman–Crippen LogP) is 1.24. The molecule has 12 heteroatoms. The number of nitrogens with one attached hydrogen (secondary N) is 3. The van der Waals surface area contributed by atoms with Gasteiger partial charge in [0.2, 0.25) is 11.8 Å². The number of amides is 2. The summed E-state index contributed by atoms with van der Waals surface area (Å²) < 4.78 is 10.4. The number of anilines is 1. The Hall–Kier alpha value is -1.85. The fraction of sp³-hybridized carbons (Fsp3) is 0.526. The molecule has 1 aromatic rings. The minimum absolute atomic E-state index is 0.0496. The maximum absolute atomic E-state index is 12.1. The molecule has 0 saturated carbocycles. The number of rotatable bonds is 13. The van der Waals surface area contributed by atoms with E-state index >= 15 is 0 Å². The third-order valence-electron chi connectivity index (χ3n) is 4.19. The SMILES string of the molecule is [B]NCCOCCOCC(=O)NCCCC(=O)NC1=NN(c2ccc(Cl)c(Cl)c2)CC1. The highest BCUT2D eigenvalue weighted by atomic mass is 35.5. The van der Waals surface area contributed by atoms with E-state index in [9.17, 15) is 9.59 Å². The number of amidine groups is 1. The molecule has 0 atom stereocenters. The summed E-state index contributed by atoms with van der Waals surface area (Å²) >= 11 is 12.0. The van der Waals surface area contributed by atoms with Crippen molar-refractivity contribution in [2.24, 2.45) is 5.10 Å². The molecule has 2 rings (SSSR count). The van der Waals surface area contributed by atoms with Crippen LogP contribution in [0, 0.1) is 0 Å². The van der Waals surface area contributed by atoms with Gasteiger partial charge in [0.15, 0.2) is 7.98 Å². The van der Waals surface area contributed by atoms with Gasteiger partial charge in [0, 0.05) is 32.5 Å².